The van der Waals surface area contributed by atoms with Crippen LogP contribution >= 0.6 is 24.1 Å². The predicted molar refractivity (Wildman–Crippen MR) is 234 cm³/mol. The third kappa shape index (κ3) is 19.4. The lowest BCUT2D eigenvalue weighted by molar-refractivity contribution is -0.432. The molecule has 31 heteroatoms. The summed E-state index contributed by atoms with van der Waals surface area (Å²) in [6, 6.07) is 10.3. The molecule has 4 aromatic rings. The van der Waals surface area contributed by atoms with Crippen LogP contribution in [0.25, 0.3) is 12.2 Å². The topological polar surface area (TPSA) is 382 Å². The number of hydrogen-bond acceptors (Lipinski definition) is 27. The van der Waals surface area contributed by atoms with Crippen LogP contribution in [-0.4, -0.2) is 149 Å². The number of aromatic nitrogens is 5. The zero-order valence-corrected chi connectivity index (χ0v) is 36.4. The lowest BCUT2D eigenvalue weighted by Gasteiger charge is -2.13. The molecule has 2 heterocycles. The van der Waals surface area contributed by atoms with Crippen molar-refractivity contribution in [3.05, 3.63) is 53.6 Å². The Morgan fingerprint density at radius 1 is 0.672 bits per heavy atom. The van der Waals surface area contributed by atoms with Gasteiger partial charge in [-0.05, 0) is 35.4 Å². The normalized spacial score (nSPS) is 12.0. The van der Waals surface area contributed by atoms with Gasteiger partial charge in [0.25, 0.3) is 26.2 Å². The minimum atomic E-state index is -4.83. The molecule has 0 aliphatic heterocycles. The number of aliphatic hydroxyl groups excluding tert-OH is 2. The summed E-state index contributed by atoms with van der Waals surface area (Å²) in [6.45, 7) is 0.678. The Labute approximate surface area is 373 Å². The maximum Gasteiger partial charge on any atom is 0.295 e. The van der Waals surface area contributed by atoms with Crippen LogP contribution in [0.3, 0.4) is 0 Å². The van der Waals surface area contributed by atoms with E-state index in [1.807, 2.05) is 0 Å². The minimum absolute atomic E-state index is 0.0556. The summed E-state index contributed by atoms with van der Waals surface area (Å²) >= 11 is 1.31. The molecule has 0 unspecified atom stereocenters. The first-order valence-corrected chi connectivity index (χ1v) is 22.9. The Bertz CT molecular complexity index is 2370. The largest absolute Gasteiger partial charge is 0.394 e. The van der Waals surface area contributed by atoms with Crippen molar-refractivity contribution in [1.29, 1.82) is 0 Å². The molecule has 0 amide bonds. The van der Waals surface area contributed by atoms with Gasteiger partial charge in [0, 0.05) is 60.2 Å². The molecule has 64 heavy (non-hydrogen) atoms. The van der Waals surface area contributed by atoms with E-state index in [9.17, 15) is 21.4 Å². The summed E-state index contributed by atoms with van der Waals surface area (Å²) in [5.74, 6) is -0.00985. The molecule has 27 nitrogen and oxygen atoms in total. The van der Waals surface area contributed by atoms with Gasteiger partial charge in [-0.1, -0.05) is 34.4 Å². The van der Waals surface area contributed by atoms with Crippen molar-refractivity contribution < 1.29 is 74.9 Å². The lowest BCUT2D eigenvalue weighted by atomic mass is 10.1. The van der Waals surface area contributed by atoms with Crippen LogP contribution in [0.4, 0.5) is 46.8 Å². The number of aliphatic imine (C=N–C) groups is 1. The molecule has 0 spiro atoms. The van der Waals surface area contributed by atoms with E-state index in [4.69, 9.17) is 39.1 Å². The summed E-state index contributed by atoms with van der Waals surface area (Å²) in [4.78, 5) is 25.3. The van der Waals surface area contributed by atoms with Crippen LogP contribution in [0.15, 0.2) is 57.2 Å². The molecule has 4 rings (SSSR count). The number of nitrogens with zero attached hydrogens (tertiary/aromatic N) is 6. The van der Waals surface area contributed by atoms with E-state index in [2.05, 4.69) is 70.9 Å². The van der Waals surface area contributed by atoms with Crippen LogP contribution in [0.1, 0.15) is 11.1 Å². The van der Waals surface area contributed by atoms with Crippen molar-refractivity contribution in [2.24, 2.45) is 4.99 Å². The van der Waals surface area contributed by atoms with Crippen LogP contribution in [-0.2, 0) is 48.5 Å². The van der Waals surface area contributed by atoms with E-state index in [1.54, 1.807) is 18.2 Å². The number of nitrogens with one attached hydrogen (secondary N) is 5. The quantitative estimate of drug-likeness (QED) is 0.00657. The number of benzene rings is 2. The van der Waals surface area contributed by atoms with E-state index < -0.39 is 30.9 Å². The Morgan fingerprint density at radius 2 is 1.30 bits per heavy atom. The SMILES string of the molecule is O=S(=O)(O)CCNc1cc(Nc2ccc(C=Cc3ccc(Nc4nc(/N=C\CSOOO)nc(NCCOCCO)n4)cc3S(=O)(=O)O)c(SOOO)c2)nc(NCCOCCO)n1. The maximum atomic E-state index is 12.7. The molecule has 0 atom stereocenters. The third-order valence-electron chi connectivity index (χ3n) is 7.40. The smallest absolute Gasteiger partial charge is 0.295 e. The maximum absolute atomic E-state index is 12.7. The number of ether oxygens (including phenoxy) is 2. The van der Waals surface area contributed by atoms with Gasteiger partial charge in [-0.25, -0.2) is 15.5 Å². The summed E-state index contributed by atoms with van der Waals surface area (Å²) in [6.07, 6.45) is 4.26. The van der Waals surface area contributed by atoms with Crippen molar-refractivity contribution in [2.75, 3.05) is 97.4 Å². The van der Waals surface area contributed by atoms with E-state index in [0.29, 0.717) is 40.2 Å². The minimum Gasteiger partial charge on any atom is -0.394 e. The highest BCUT2D eigenvalue weighted by Gasteiger charge is 2.17. The van der Waals surface area contributed by atoms with E-state index in [1.165, 1.54) is 36.6 Å². The van der Waals surface area contributed by atoms with Crippen LogP contribution in [0.5, 0.6) is 0 Å². The molecule has 350 valence electrons. The van der Waals surface area contributed by atoms with Gasteiger partial charge in [0.1, 0.15) is 16.5 Å². The summed E-state index contributed by atoms with van der Waals surface area (Å²) < 4.78 is 86.6. The predicted octanol–water partition coefficient (Wildman–Crippen LogP) is 2.91. The molecule has 0 aliphatic carbocycles. The second-order valence-electron chi connectivity index (χ2n) is 12.0. The second-order valence-corrected chi connectivity index (χ2v) is 16.4. The first-order valence-electron chi connectivity index (χ1n) is 18.2. The van der Waals surface area contributed by atoms with E-state index in [-0.39, 0.29) is 112 Å². The average Bonchev–Trinajstić information content (AvgIpc) is 3.24. The Kier molecular flexibility index (Phi) is 22.1. The zero-order valence-electron chi connectivity index (χ0n) is 33.1. The van der Waals surface area contributed by atoms with Gasteiger partial charge in [0.15, 0.2) is 0 Å². The molecule has 0 saturated carbocycles. The fourth-order valence-corrected chi connectivity index (χ4v) is 6.67. The van der Waals surface area contributed by atoms with Gasteiger partial charge in [-0.3, -0.25) is 9.11 Å². The highest BCUT2D eigenvalue weighted by molar-refractivity contribution is 7.95. The highest BCUT2D eigenvalue weighted by atomic mass is 32.2. The summed E-state index contributed by atoms with van der Waals surface area (Å²) in [5.41, 5.74) is 1.03. The van der Waals surface area contributed by atoms with Gasteiger partial charge < -0.3 is 46.3 Å². The molecular formula is C33H43N11O16S4. The van der Waals surface area contributed by atoms with E-state index >= 15 is 0 Å². The summed E-state index contributed by atoms with van der Waals surface area (Å²) in [5, 5.41) is 57.0. The van der Waals surface area contributed by atoms with Crippen molar-refractivity contribution in [2.45, 2.75) is 9.79 Å². The van der Waals surface area contributed by atoms with Gasteiger partial charge in [-0.2, -0.15) is 41.8 Å². The third-order valence-corrected chi connectivity index (χ3v) is 10.1. The number of hydrogen-bond donors (Lipinski definition) is 11. The lowest BCUT2D eigenvalue weighted by Crippen LogP contribution is -2.17. The Balaban J connectivity index is 1.59. The van der Waals surface area contributed by atoms with Gasteiger partial charge in [0.2, 0.25) is 17.8 Å². The van der Waals surface area contributed by atoms with Crippen molar-refractivity contribution in [3.63, 3.8) is 0 Å². The first-order chi connectivity index (χ1) is 30.8. The molecule has 2 aromatic carbocycles. The van der Waals surface area contributed by atoms with Crippen LogP contribution < -0.4 is 26.6 Å². The fraction of sp³-hybridized carbons (Fsp3) is 0.333. The monoisotopic (exact) mass is 977 g/mol. The molecule has 0 saturated heterocycles. The fourth-order valence-electron chi connectivity index (χ4n) is 4.85. The van der Waals surface area contributed by atoms with Gasteiger partial charge in [0.05, 0.1) is 63.2 Å². The van der Waals surface area contributed by atoms with Crippen LogP contribution in [0.2, 0.25) is 0 Å². The molecular weight excluding hydrogens is 935 g/mol. The molecule has 0 fully saturated rings. The summed E-state index contributed by atoms with van der Waals surface area (Å²) in [7, 11) is -9.09. The molecule has 0 aliphatic rings. The Morgan fingerprint density at radius 3 is 1.95 bits per heavy atom. The standard InChI is InChI=1S/C33H43N11O16S4/c45-11-15-55-13-7-35-30-40-28(34-10-18-63(49,50)51)21-29(41-30)38-24-5-3-22(26(19-24)62-60-58-48)1-2-23-4-6-25(20-27(23)64(52,53)54)39-33-43-31(36-8-14-56-16-12-46)42-32(44-33)37-9-17-61-59-57-47/h1-6,9,19-21,45-48H,7-8,10-18H2,(H,49,50,51)(H,52,53,54)(H3,34,35,38,40,41)(H2,36,39,42,43,44)/b2-1?,37-9-. The zero-order chi connectivity index (χ0) is 46.2. The molecule has 2 aromatic heterocycles. The molecule has 0 radical (unpaired) electrons. The number of rotatable bonds is 31. The van der Waals surface area contributed by atoms with E-state index in [0.717, 1.165) is 6.07 Å². The van der Waals surface area contributed by atoms with Crippen molar-refractivity contribution in [1.82, 2.24) is 24.9 Å². The van der Waals surface area contributed by atoms with Gasteiger partial charge >= 0.3 is 0 Å². The number of anilines is 7. The first kappa shape index (κ1) is 51.7. The number of aliphatic hydroxyl groups is 2. The molecule has 11 N–H and O–H groups in total. The van der Waals surface area contributed by atoms with Crippen molar-refractivity contribution >= 4 is 109 Å². The Hall–Kier alpha value is -4.94. The van der Waals surface area contributed by atoms with Gasteiger partial charge in [-0.15, -0.1) is 8.67 Å². The second kappa shape index (κ2) is 27.4. The van der Waals surface area contributed by atoms with Crippen molar-refractivity contribution in [3.8, 4) is 0 Å². The highest BCUT2D eigenvalue weighted by Crippen LogP contribution is 2.32. The molecule has 0 bridgehead atoms. The average molecular weight is 978 g/mol. The van der Waals surface area contributed by atoms with Crippen LogP contribution in [0, 0.1) is 0 Å².